The van der Waals surface area contributed by atoms with Gasteiger partial charge in [0.25, 0.3) is 0 Å². The van der Waals surface area contributed by atoms with E-state index in [0.717, 1.165) is 50.7 Å². The molecule has 0 aromatic heterocycles. The van der Waals surface area contributed by atoms with Gasteiger partial charge in [-0.3, -0.25) is 9.89 Å². The number of nitrogens with one attached hydrogen (secondary N) is 1. The number of aliphatic imine (C=N–C) groups is 1. The molecule has 5 nitrogen and oxygen atoms in total. The van der Waals surface area contributed by atoms with Crippen molar-refractivity contribution in [2.24, 2.45) is 10.7 Å². The van der Waals surface area contributed by atoms with Gasteiger partial charge in [-0.05, 0) is 24.1 Å². The SMILES string of the molecule is CCCCNC(N)=NCC(c1cccc(Cl)c1)N1CCOCC1. The van der Waals surface area contributed by atoms with Crippen LogP contribution in [0.2, 0.25) is 5.02 Å². The summed E-state index contributed by atoms with van der Waals surface area (Å²) in [6.07, 6.45) is 2.23. The summed E-state index contributed by atoms with van der Waals surface area (Å²) in [4.78, 5) is 6.92. The lowest BCUT2D eigenvalue weighted by molar-refractivity contribution is 0.0180. The van der Waals surface area contributed by atoms with Crippen molar-refractivity contribution in [3.05, 3.63) is 34.9 Å². The average Bonchev–Trinajstić information content (AvgIpc) is 2.56. The van der Waals surface area contributed by atoms with E-state index in [2.05, 4.69) is 28.2 Å². The number of benzene rings is 1. The Hall–Kier alpha value is -1.30. The first-order chi connectivity index (χ1) is 11.2. The Morgan fingerprint density at radius 2 is 2.22 bits per heavy atom. The fourth-order valence-electron chi connectivity index (χ4n) is 2.67. The van der Waals surface area contributed by atoms with Crippen LogP contribution in [0, 0.1) is 0 Å². The second-order valence-electron chi connectivity index (χ2n) is 5.73. The third-order valence-electron chi connectivity index (χ3n) is 3.99. The van der Waals surface area contributed by atoms with E-state index in [4.69, 9.17) is 22.1 Å². The predicted octanol–water partition coefficient (Wildman–Crippen LogP) is 2.42. The predicted molar refractivity (Wildman–Crippen MR) is 96.0 cm³/mol. The molecular weight excluding hydrogens is 312 g/mol. The molecule has 2 rings (SSSR count). The number of halogens is 1. The molecule has 0 spiro atoms. The molecule has 1 unspecified atom stereocenters. The van der Waals surface area contributed by atoms with Gasteiger partial charge < -0.3 is 15.8 Å². The molecule has 0 amide bonds. The first-order valence-corrected chi connectivity index (χ1v) is 8.69. The smallest absolute Gasteiger partial charge is 0.188 e. The topological polar surface area (TPSA) is 62.9 Å². The third-order valence-corrected chi connectivity index (χ3v) is 4.23. The molecule has 0 bridgehead atoms. The molecule has 1 saturated heterocycles. The summed E-state index contributed by atoms with van der Waals surface area (Å²) >= 11 is 6.16. The zero-order chi connectivity index (χ0) is 16.5. The largest absolute Gasteiger partial charge is 0.379 e. The Morgan fingerprint density at radius 3 is 2.91 bits per heavy atom. The van der Waals surface area contributed by atoms with Gasteiger partial charge in [0.05, 0.1) is 25.8 Å². The number of hydrogen-bond acceptors (Lipinski definition) is 3. The van der Waals surface area contributed by atoms with E-state index in [9.17, 15) is 0 Å². The monoisotopic (exact) mass is 338 g/mol. The van der Waals surface area contributed by atoms with Crippen molar-refractivity contribution >= 4 is 17.6 Å². The molecule has 1 aliphatic rings. The zero-order valence-electron chi connectivity index (χ0n) is 13.8. The van der Waals surface area contributed by atoms with Crippen LogP contribution >= 0.6 is 11.6 Å². The van der Waals surface area contributed by atoms with Crippen molar-refractivity contribution in [3.8, 4) is 0 Å². The summed E-state index contributed by atoms with van der Waals surface area (Å²) in [6, 6.07) is 8.16. The Bertz CT molecular complexity index is 503. The van der Waals surface area contributed by atoms with Gasteiger partial charge in [0.1, 0.15) is 0 Å². The van der Waals surface area contributed by atoms with Crippen LogP contribution in [-0.4, -0.2) is 50.3 Å². The third kappa shape index (κ3) is 6.01. The lowest BCUT2D eigenvalue weighted by Crippen LogP contribution is -2.41. The molecule has 1 atom stereocenters. The highest BCUT2D eigenvalue weighted by Crippen LogP contribution is 2.24. The first-order valence-electron chi connectivity index (χ1n) is 8.31. The number of nitrogens with two attached hydrogens (primary N) is 1. The summed E-state index contributed by atoms with van der Waals surface area (Å²) in [6.45, 7) is 6.95. The molecule has 1 aromatic rings. The highest BCUT2D eigenvalue weighted by molar-refractivity contribution is 6.30. The molecule has 1 fully saturated rings. The molecule has 23 heavy (non-hydrogen) atoms. The minimum absolute atomic E-state index is 0.170. The maximum atomic E-state index is 6.16. The fourth-order valence-corrected chi connectivity index (χ4v) is 2.87. The van der Waals surface area contributed by atoms with Crippen LogP contribution in [0.15, 0.2) is 29.3 Å². The van der Waals surface area contributed by atoms with Crippen molar-refractivity contribution in [2.45, 2.75) is 25.8 Å². The van der Waals surface area contributed by atoms with Gasteiger partial charge in [-0.2, -0.15) is 0 Å². The molecule has 1 heterocycles. The number of nitrogens with zero attached hydrogens (tertiary/aromatic N) is 2. The van der Waals surface area contributed by atoms with Gasteiger partial charge in [-0.25, -0.2) is 0 Å². The highest BCUT2D eigenvalue weighted by atomic mass is 35.5. The van der Waals surface area contributed by atoms with Gasteiger partial charge in [0, 0.05) is 24.7 Å². The van der Waals surface area contributed by atoms with Crippen molar-refractivity contribution in [1.29, 1.82) is 0 Å². The standard InChI is InChI=1S/C17H27ClN4O/c1-2-3-7-20-17(19)21-13-16(22-8-10-23-11-9-22)14-5-4-6-15(18)12-14/h4-6,12,16H,2-3,7-11,13H2,1H3,(H3,19,20,21). The number of ether oxygens (including phenoxy) is 1. The minimum Gasteiger partial charge on any atom is -0.379 e. The Labute approximate surface area is 143 Å². The number of unbranched alkanes of at least 4 members (excludes halogenated alkanes) is 1. The number of morpholine rings is 1. The van der Waals surface area contributed by atoms with Crippen molar-refractivity contribution in [2.75, 3.05) is 39.4 Å². The Balaban J connectivity index is 2.05. The van der Waals surface area contributed by atoms with Crippen LogP contribution in [0.4, 0.5) is 0 Å². The van der Waals surface area contributed by atoms with Gasteiger partial charge in [0.15, 0.2) is 5.96 Å². The van der Waals surface area contributed by atoms with Crippen LogP contribution in [-0.2, 0) is 4.74 Å². The van der Waals surface area contributed by atoms with E-state index >= 15 is 0 Å². The highest BCUT2D eigenvalue weighted by Gasteiger charge is 2.22. The normalized spacial score (nSPS) is 17.9. The summed E-state index contributed by atoms with van der Waals surface area (Å²) in [5, 5.41) is 3.91. The zero-order valence-corrected chi connectivity index (χ0v) is 14.6. The number of guanidine groups is 1. The van der Waals surface area contributed by atoms with Crippen LogP contribution < -0.4 is 11.1 Å². The fraction of sp³-hybridized carbons (Fsp3) is 0.588. The lowest BCUT2D eigenvalue weighted by Gasteiger charge is -2.34. The molecule has 0 radical (unpaired) electrons. The van der Waals surface area contributed by atoms with E-state index in [-0.39, 0.29) is 6.04 Å². The van der Waals surface area contributed by atoms with Crippen molar-refractivity contribution in [1.82, 2.24) is 10.2 Å². The van der Waals surface area contributed by atoms with Crippen LogP contribution in [0.5, 0.6) is 0 Å². The number of rotatable bonds is 7. The van der Waals surface area contributed by atoms with E-state index < -0.39 is 0 Å². The Morgan fingerprint density at radius 1 is 1.43 bits per heavy atom. The number of hydrogen-bond donors (Lipinski definition) is 2. The summed E-state index contributed by atoms with van der Waals surface area (Å²) in [5.41, 5.74) is 7.14. The minimum atomic E-state index is 0.170. The molecule has 3 N–H and O–H groups in total. The van der Waals surface area contributed by atoms with E-state index in [1.165, 1.54) is 5.56 Å². The van der Waals surface area contributed by atoms with Crippen molar-refractivity contribution < 1.29 is 4.74 Å². The van der Waals surface area contributed by atoms with Crippen LogP contribution in [0.25, 0.3) is 0 Å². The molecule has 0 saturated carbocycles. The first kappa shape index (κ1) is 18.0. The van der Waals surface area contributed by atoms with Gasteiger partial charge >= 0.3 is 0 Å². The molecule has 128 valence electrons. The van der Waals surface area contributed by atoms with E-state index in [0.29, 0.717) is 12.5 Å². The van der Waals surface area contributed by atoms with Crippen molar-refractivity contribution in [3.63, 3.8) is 0 Å². The van der Waals surface area contributed by atoms with Crippen LogP contribution in [0.1, 0.15) is 31.4 Å². The van der Waals surface area contributed by atoms with E-state index in [1.807, 2.05) is 18.2 Å². The van der Waals surface area contributed by atoms with Gasteiger partial charge in [0.2, 0.25) is 0 Å². The molecule has 1 aliphatic heterocycles. The summed E-state index contributed by atoms with van der Waals surface area (Å²) < 4.78 is 5.46. The lowest BCUT2D eigenvalue weighted by atomic mass is 10.0. The quantitative estimate of drug-likeness (QED) is 0.455. The maximum Gasteiger partial charge on any atom is 0.188 e. The van der Waals surface area contributed by atoms with Gasteiger partial charge in [-0.15, -0.1) is 0 Å². The second kappa shape index (κ2) is 9.75. The molecular formula is C17H27ClN4O. The molecule has 0 aliphatic carbocycles. The van der Waals surface area contributed by atoms with Gasteiger partial charge in [-0.1, -0.05) is 37.1 Å². The maximum absolute atomic E-state index is 6.16. The Kier molecular flexibility index (Phi) is 7.65. The van der Waals surface area contributed by atoms with E-state index in [1.54, 1.807) is 0 Å². The average molecular weight is 339 g/mol. The summed E-state index contributed by atoms with van der Waals surface area (Å²) in [5.74, 6) is 0.513. The molecule has 6 heteroatoms. The van der Waals surface area contributed by atoms with Crippen LogP contribution in [0.3, 0.4) is 0 Å². The molecule has 1 aromatic carbocycles. The summed E-state index contributed by atoms with van der Waals surface area (Å²) in [7, 11) is 0. The second-order valence-corrected chi connectivity index (χ2v) is 6.16.